The van der Waals surface area contributed by atoms with E-state index in [1.165, 1.54) is 109 Å². The molecule has 0 saturated carbocycles. The van der Waals surface area contributed by atoms with Crippen molar-refractivity contribution in [2.24, 2.45) is 5.92 Å². The van der Waals surface area contributed by atoms with Crippen LogP contribution in [0.5, 0.6) is 0 Å². The topological polar surface area (TPSA) is 21.9 Å². The molecular weight excluding hydrogens is 711 g/mol. The average molecular weight is 746 g/mol. The number of anilines is 1. The molecule has 2 aliphatic rings. The Kier molecular flexibility index (Phi) is 6.55. The molecule has 57 heavy (non-hydrogen) atoms. The van der Waals surface area contributed by atoms with Gasteiger partial charge in [-0.2, -0.15) is 0 Å². The molecule has 1 N–H and O–H groups in total. The van der Waals surface area contributed by atoms with Crippen LogP contribution in [0.1, 0.15) is 6.42 Å². The quantitative estimate of drug-likeness (QED) is 0.182. The highest BCUT2D eigenvalue weighted by molar-refractivity contribution is 8.00. The number of fused-ring (bicyclic) bond motifs is 15. The minimum absolute atomic E-state index is 0.338. The molecule has 9 aromatic carbocycles. The summed E-state index contributed by atoms with van der Waals surface area (Å²) in [5, 5.41) is 19.6. The van der Waals surface area contributed by atoms with Crippen molar-refractivity contribution in [2.75, 3.05) is 5.32 Å². The molecule has 2 aromatic heterocycles. The van der Waals surface area contributed by atoms with Gasteiger partial charge in [0.05, 0.1) is 33.1 Å². The zero-order chi connectivity index (χ0) is 37.2. The first kappa shape index (κ1) is 31.5. The van der Waals surface area contributed by atoms with Crippen LogP contribution in [0, 0.1) is 5.92 Å². The Morgan fingerprint density at radius 2 is 1.05 bits per heavy atom. The normalized spacial score (nSPS) is 16.6. The van der Waals surface area contributed by atoms with Crippen molar-refractivity contribution in [2.45, 2.75) is 16.7 Å². The van der Waals surface area contributed by atoms with Crippen molar-refractivity contribution in [3.8, 4) is 11.4 Å². The zero-order valence-electron chi connectivity index (χ0n) is 31.0. The second kappa shape index (κ2) is 11.9. The molecule has 0 fully saturated rings. The minimum Gasteiger partial charge on any atom is -0.371 e. The first-order valence-electron chi connectivity index (χ1n) is 19.9. The smallest absolute Gasteiger partial charge is 0.0836 e. The third-order valence-electron chi connectivity index (χ3n) is 12.6. The van der Waals surface area contributed by atoms with Gasteiger partial charge in [-0.3, -0.25) is 0 Å². The monoisotopic (exact) mass is 745 g/mol. The van der Waals surface area contributed by atoms with E-state index in [0.29, 0.717) is 11.3 Å². The number of nitrogens with zero attached hydrogens (tertiary/aromatic N) is 2. The summed E-state index contributed by atoms with van der Waals surface area (Å²) < 4.78 is 4.93. The van der Waals surface area contributed by atoms with Crippen molar-refractivity contribution in [3.05, 3.63) is 182 Å². The van der Waals surface area contributed by atoms with Gasteiger partial charge in [-0.25, -0.2) is 0 Å². The Bertz CT molecular complexity index is 3490. The standard InChI is InChI=1S/C53H35N3S/c1-2-12-35(13-3-1)53-54-52-48(57-53)29-22-34-18-19-36-30-37(23-25-41(36)49(34)52)55-44-17-9-8-16-42(44)43-31-38(24-28-45(43)55)56-46-26-20-32-10-4-6-14-39(32)50(46)51-40-15-7-5-11-33(40)21-27-47(51)56/h1-12,14-31,35,53-54H,13H2. The fraction of sp³-hybridized carbons (Fsp3) is 0.0566. The highest BCUT2D eigenvalue weighted by atomic mass is 32.2. The van der Waals surface area contributed by atoms with E-state index in [1.54, 1.807) is 0 Å². The van der Waals surface area contributed by atoms with E-state index in [4.69, 9.17) is 0 Å². The second-order valence-electron chi connectivity index (χ2n) is 15.7. The van der Waals surface area contributed by atoms with Gasteiger partial charge >= 0.3 is 0 Å². The number of nitrogens with one attached hydrogen (secondary N) is 1. The van der Waals surface area contributed by atoms with Gasteiger partial charge in [0, 0.05) is 49.1 Å². The molecule has 268 valence electrons. The first-order chi connectivity index (χ1) is 28.3. The van der Waals surface area contributed by atoms with Crippen LogP contribution in [0.25, 0.3) is 98.1 Å². The second-order valence-corrected chi connectivity index (χ2v) is 16.8. The van der Waals surface area contributed by atoms with Crippen LogP contribution in [-0.2, 0) is 0 Å². The third kappa shape index (κ3) is 4.50. The molecule has 0 radical (unpaired) electrons. The number of para-hydroxylation sites is 1. The third-order valence-corrected chi connectivity index (χ3v) is 13.9. The molecule has 3 heterocycles. The number of allylic oxidation sites excluding steroid dienone is 3. The molecule has 0 amide bonds. The molecule has 1 aliphatic carbocycles. The highest BCUT2D eigenvalue weighted by Crippen LogP contribution is 2.48. The Balaban J connectivity index is 1.00. The van der Waals surface area contributed by atoms with Gasteiger partial charge in [-0.1, -0.05) is 139 Å². The van der Waals surface area contributed by atoms with Gasteiger partial charge in [0.15, 0.2) is 0 Å². The minimum atomic E-state index is 0.338. The molecule has 0 saturated heterocycles. The molecule has 2 atom stereocenters. The average Bonchev–Trinajstić information content (AvgIpc) is 3.97. The summed E-state index contributed by atoms with van der Waals surface area (Å²) in [6.07, 6.45) is 10.1. The molecule has 0 spiro atoms. The Morgan fingerprint density at radius 1 is 0.456 bits per heavy atom. The van der Waals surface area contributed by atoms with E-state index in [9.17, 15) is 0 Å². The van der Waals surface area contributed by atoms with E-state index in [2.05, 4.69) is 196 Å². The molecule has 1 aliphatic heterocycles. The first-order valence-corrected chi connectivity index (χ1v) is 20.8. The van der Waals surface area contributed by atoms with Gasteiger partial charge < -0.3 is 14.5 Å². The number of rotatable bonds is 3. The Labute approximate surface area is 333 Å². The number of hydrogen-bond acceptors (Lipinski definition) is 2. The fourth-order valence-corrected chi connectivity index (χ4v) is 11.3. The van der Waals surface area contributed by atoms with E-state index < -0.39 is 0 Å². The lowest BCUT2D eigenvalue weighted by molar-refractivity contribution is 0.662. The van der Waals surface area contributed by atoms with Crippen molar-refractivity contribution in [1.29, 1.82) is 0 Å². The molecule has 3 nitrogen and oxygen atoms in total. The largest absolute Gasteiger partial charge is 0.371 e. The maximum atomic E-state index is 3.96. The van der Waals surface area contributed by atoms with E-state index >= 15 is 0 Å². The predicted octanol–water partition coefficient (Wildman–Crippen LogP) is 14.5. The number of benzene rings is 9. The highest BCUT2D eigenvalue weighted by Gasteiger charge is 2.29. The maximum Gasteiger partial charge on any atom is 0.0836 e. The summed E-state index contributed by atoms with van der Waals surface area (Å²) in [7, 11) is 0. The number of hydrogen-bond donors (Lipinski definition) is 1. The summed E-state index contributed by atoms with van der Waals surface area (Å²) in [6, 6.07) is 58.9. The van der Waals surface area contributed by atoms with Gasteiger partial charge in [-0.05, 0) is 98.7 Å². The zero-order valence-corrected chi connectivity index (χ0v) is 31.8. The van der Waals surface area contributed by atoms with E-state index in [-0.39, 0.29) is 0 Å². The molecule has 11 aromatic rings. The molecule has 13 rings (SSSR count). The molecule has 2 unspecified atom stereocenters. The fourth-order valence-electron chi connectivity index (χ4n) is 10.0. The summed E-state index contributed by atoms with van der Waals surface area (Å²) in [5.41, 5.74) is 8.47. The van der Waals surface area contributed by atoms with Crippen molar-refractivity contribution >= 4 is 104 Å². The van der Waals surface area contributed by atoms with Gasteiger partial charge in [0.2, 0.25) is 0 Å². The predicted molar refractivity (Wildman–Crippen MR) is 245 cm³/mol. The van der Waals surface area contributed by atoms with E-state index in [0.717, 1.165) is 6.42 Å². The Morgan fingerprint density at radius 3 is 1.82 bits per heavy atom. The maximum absolute atomic E-state index is 3.96. The number of thioether (sulfide) groups is 1. The number of aromatic nitrogens is 2. The lowest BCUT2D eigenvalue weighted by Gasteiger charge is -2.20. The van der Waals surface area contributed by atoms with Crippen molar-refractivity contribution in [3.63, 3.8) is 0 Å². The lowest BCUT2D eigenvalue weighted by atomic mass is 9.98. The van der Waals surface area contributed by atoms with Crippen LogP contribution >= 0.6 is 11.8 Å². The van der Waals surface area contributed by atoms with Gasteiger partial charge in [0.1, 0.15) is 0 Å². The molecule has 4 heteroatoms. The lowest BCUT2D eigenvalue weighted by Crippen LogP contribution is -2.21. The van der Waals surface area contributed by atoms with Crippen LogP contribution in [0.3, 0.4) is 0 Å². The summed E-state index contributed by atoms with van der Waals surface area (Å²) in [6.45, 7) is 0. The van der Waals surface area contributed by atoms with Crippen molar-refractivity contribution in [1.82, 2.24) is 9.13 Å². The molecular formula is C53H35N3S. The van der Waals surface area contributed by atoms with Gasteiger partial charge in [-0.15, -0.1) is 0 Å². The van der Waals surface area contributed by atoms with Crippen LogP contribution in [0.4, 0.5) is 5.69 Å². The summed E-state index contributed by atoms with van der Waals surface area (Å²) in [5.74, 6) is 0.481. The van der Waals surface area contributed by atoms with Crippen molar-refractivity contribution < 1.29 is 0 Å². The van der Waals surface area contributed by atoms with Crippen LogP contribution < -0.4 is 5.32 Å². The summed E-state index contributed by atoms with van der Waals surface area (Å²) >= 11 is 1.97. The van der Waals surface area contributed by atoms with Crippen LogP contribution in [0.15, 0.2) is 187 Å². The Hall–Kier alpha value is -6.75. The molecule has 0 bridgehead atoms. The van der Waals surface area contributed by atoms with Crippen LogP contribution in [-0.4, -0.2) is 14.5 Å². The SMILES string of the molecule is C1=CCC(C2Nc3c(ccc4ccc5cc(-n6c7ccccc7c7cc(-n8c9ccc%10ccccc%10c9c9c%10ccccc%10ccc98)ccc76)ccc5c34)S2)C=C1. The van der Waals surface area contributed by atoms with Gasteiger partial charge in [0.25, 0.3) is 0 Å². The van der Waals surface area contributed by atoms with Crippen LogP contribution in [0.2, 0.25) is 0 Å². The van der Waals surface area contributed by atoms with E-state index in [1.807, 2.05) is 11.8 Å². The summed E-state index contributed by atoms with van der Waals surface area (Å²) in [4.78, 5) is 1.34.